The number of carboxylic acid groups (broad SMARTS) is 1. The zero-order valence-electron chi connectivity index (χ0n) is 9.93. The van der Waals surface area contributed by atoms with Crippen molar-refractivity contribution in [3.63, 3.8) is 0 Å². The van der Waals surface area contributed by atoms with E-state index in [0.29, 0.717) is 12.1 Å². The van der Waals surface area contributed by atoms with Gasteiger partial charge in [0.15, 0.2) is 0 Å². The molecule has 2 aromatic rings. The monoisotopic (exact) mass is 248 g/mol. The Morgan fingerprint density at radius 3 is 2.67 bits per heavy atom. The first-order valence-corrected chi connectivity index (χ1v) is 5.56. The molecule has 0 fully saturated rings. The third-order valence-corrected chi connectivity index (χ3v) is 2.64. The molecule has 1 aromatic carbocycles. The van der Waals surface area contributed by atoms with Crippen LogP contribution in [0.3, 0.4) is 0 Å². The second kappa shape index (κ2) is 5.00. The minimum absolute atomic E-state index is 0.0329. The third-order valence-electron chi connectivity index (χ3n) is 2.64. The van der Waals surface area contributed by atoms with Crippen LogP contribution < -0.4 is 0 Å². The first kappa shape index (κ1) is 12.3. The molecule has 0 atom stereocenters. The minimum Gasteiger partial charge on any atom is -0.481 e. The number of aromatic nitrogens is 2. The van der Waals surface area contributed by atoms with E-state index in [1.807, 2.05) is 6.20 Å². The van der Waals surface area contributed by atoms with Crippen LogP contribution in [0.1, 0.15) is 12.1 Å². The molecule has 1 N–H and O–H groups in total. The lowest BCUT2D eigenvalue weighted by atomic mass is 10.0. The number of rotatable bonds is 4. The molecule has 0 unspecified atom stereocenters. The normalized spacial score (nSPS) is 10.6. The van der Waals surface area contributed by atoms with Crippen LogP contribution in [0.2, 0.25) is 0 Å². The lowest BCUT2D eigenvalue weighted by molar-refractivity contribution is -0.136. The molecular formula is C13H13FN2O2. The number of halogens is 1. The van der Waals surface area contributed by atoms with Crippen molar-refractivity contribution in [1.82, 2.24) is 9.78 Å². The minimum atomic E-state index is -0.856. The summed E-state index contributed by atoms with van der Waals surface area (Å²) >= 11 is 0. The van der Waals surface area contributed by atoms with Gasteiger partial charge in [-0.05, 0) is 17.7 Å². The van der Waals surface area contributed by atoms with E-state index in [2.05, 4.69) is 5.10 Å². The molecule has 4 nitrogen and oxygen atoms in total. The number of aliphatic carboxylic acids is 1. The number of benzene rings is 1. The maximum absolute atomic E-state index is 12.9. The molecule has 18 heavy (non-hydrogen) atoms. The highest BCUT2D eigenvalue weighted by molar-refractivity contribution is 5.69. The SMILES string of the molecule is Cn1cc(-c2ccc(F)cc2)c(CCC(=O)O)n1. The number of carbonyl (C=O) groups is 1. The Bertz CT molecular complexity index is 561. The van der Waals surface area contributed by atoms with Crippen LogP contribution in [0.4, 0.5) is 4.39 Å². The van der Waals surface area contributed by atoms with E-state index in [4.69, 9.17) is 5.11 Å². The van der Waals surface area contributed by atoms with Crippen LogP contribution in [0.25, 0.3) is 11.1 Å². The van der Waals surface area contributed by atoms with Gasteiger partial charge in [0.2, 0.25) is 0 Å². The maximum Gasteiger partial charge on any atom is 0.303 e. The fraction of sp³-hybridized carbons (Fsp3) is 0.231. The van der Waals surface area contributed by atoms with Gasteiger partial charge in [-0.25, -0.2) is 4.39 Å². The van der Waals surface area contributed by atoms with E-state index in [1.165, 1.54) is 12.1 Å². The topological polar surface area (TPSA) is 55.1 Å². The Balaban J connectivity index is 2.31. The highest BCUT2D eigenvalue weighted by Gasteiger charge is 2.11. The molecule has 1 heterocycles. The summed E-state index contributed by atoms with van der Waals surface area (Å²) in [6.07, 6.45) is 2.21. The van der Waals surface area contributed by atoms with Crippen molar-refractivity contribution in [3.8, 4) is 11.1 Å². The molecule has 0 saturated carbocycles. The predicted octanol–water partition coefficient (Wildman–Crippen LogP) is 2.24. The Morgan fingerprint density at radius 2 is 2.06 bits per heavy atom. The average molecular weight is 248 g/mol. The second-order valence-electron chi connectivity index (χ2n) is 4.06. The van der Waals surface area contributed by atoms with Crippen LogP contribution in [0.15, 0.2) is 30.5 Å². The summed E-state index contributed by atoms with van der Waals surface area (Å²) in [5.41, 5.74) is 2.40. The zero-order valence-corrected chi connectivity index (χ0v) is 9.93. The standard InChI is InChI=1S/C13H13FN2O2/c1-16-8-11(9-2-4-10(14)5-3-9)12(15-16)6-7-13(17)18/h2-5,8H,6-7H2,1H3,(H,17,18). The summed E-state index contributed by atoms with van der Waals surface area (Å²) in [4.78, 5) is 10.6. The van der Waals surface area contributed by atoms with E-state index in [9.17, 15) is 9.18 Å². The highest BCUT2D eigenvalue weighted by Crippen LogP contribution is 2.23. The van der Waals surface area contributed by atoms with Crippen molar-refractivity contribution in [3.05, 3.63) is 42.0 Å². The molecule has 0 aliphatic rings. The summed E-state index contributed by atoms with van der Waals surface area (Å²) < 4.78 is 14.5. The van der Waals surface area contributed by atoms with Gasteiger partial charge in [-0.15, -0.1) is 0 Å². The number of nitrogens with zero attached hydrogens (tertiary/aromatic N) is 2. The van der Waals surface area contributed by atoms with Crippen molar-refractivity contribution in [2.45, 2.75) is 12.8 Å². The van der Waals surface area contributed by atoms with Crippen LogP contribution in [-0.4, -0.2) is 20.9 Å². The molecule has 0 aliphatic heterocycles. The first-order chi connectivity index (χ1) is 8.56. The van der Waals surface area contributed by atoms with Gasteiger partial charge < -0.3 is 5.11 Å². The summed E-state index contributed by atoms with van der Waals surface area (Å²) in [6.45, 7) is 0. The quantitative estimate of drug-likeness (QED) is 0.902. The third kappa shape index (κ3) is 2.74. The van der Waals surface area contributed by atoms with Gasteiger partial charge in [-0.2, -0.15) is 5.10 Å². The van der Waals surface area contributed by atoms with Crippen molar-refractivity contribution in [2.75, 3.05) is 0 Å². The van der Waals surface area contributed by atoms with Gasteiger partial charge >= 0.3 is 5.97 Å². The van der Waals surface area contributed by atoms with E-state index in [-0.39, 0.29) is 12.2 Å². The van der Waals surface area contributed by atoms with Crippen molar-refractivity contribution >= 4 is 5.97 Å². The van der Waals surface area contributed by atoms with Gasteiger partial charge in [0.05, 0.1) is 12.1 Å². The van der Waals surface area contributed by atoms with Crippen LogP contribution in [-0.2, 0) is 18.3 Å². The van der Waals surface area contributed by atoms with E-state index in [1.54, 1.807) is 23.9 Å². The summed E-state index contributed by atoms with van der Waals surface area (Å²) in [5.74, 6) is -1.15. The highest BCUT2D eigenvalue weighted by atomic mass is 19.1. The Hall–Kier alpha value is -2.17. The zero-order chi connectivity index (χ0) is 13.1. The van der Waals surface area contributed by atoms with Gasteiger partial charge in [0, 0.05) is 25.2 Å². The van der Waals surface area contributed by atoms with Gasteiger partial charge in [0.1, 0.15) is 5.82 Å². The number of hydrogen-bond donors (Lipinski definition) is 1. The Morgan fingerprint density at radius 1 is 1.39 bits per heavy atom. The van der Waals surface area contributed by atoms with Gasteiger partial charge in [0.25, 0.3) is 0 Å². The molecule has 2 rings (SSSR count). The second-order valence-corrected chi connectivity index (χ2v) is 4.06. The molecule has 0 bridgehead atoms. The first-order valence-electron chi connectivity index (χ1n) is 5.56. The van der Waals surface area contributed by atoms with E-state index >= 15 is 0 Å². The Labute approximate surface area is 104 Å². The van der Waals surface area contributed by atoms with Crippen molar-refractivity contribution in [1.29, 1.82) is 0 Å². The molecule has 94 valence electrons. The van der Waals surface area contributed by atoms with Gasteiger partial charge in [-0.3, -0.25) is 9.48 Å². The Kier molecular flexibility index (Phi) is 3.41. The van der Waals surface area contributed by atoms with Crippen molar-refractivity contribution in [2.24, 2.45) is 7.05 Å². The lowest BCUT2D eigenvalue weighted by Gasteiger charge is -2.01. The van der Waals surface area contributed by atoms with Gasteiger partial charge in [-0.1, -0.05) is 12.1 Å². The van der Waals surface area contributed by atoms with E-state index < -0.39 is 5.97 Å². The predicted molar refractivity (Wildman–Crippen MR) is 64.6 cm³/mol. The lowest BCUT2D eigenvalue weighted by Crippen LogP contribution is -1.99. The number of carboxylic acids is 1. The molecule has 0 amide bonds. The van der Waals surface area contributed by atoms with E-state index in [0.717, 1.165) is 11.1 Å². The molecular weight excluding hydrogens is 235 g/mol. The summed E-state index contributed by atoms with van der Waals surface area (Å²) in [5, 5.41) is 12.9. The smallest absolute Gasteiger partial charge is 0.303 e. The molecule has 1 aromatic heterocycles. The number of hydrogen-bond acceptors (Lipinski definition) is 2. The summed E-state index contributed by atoms with van der Waals surface area (Å²) in [7, 11) is 1.78. The molecule has 0 saturated heterocycles. The molecule has 5 heteroatoms. The van der Waals surface area contributed by atoms with Crippen molar-refractivity contribution < 1.29 is 14.3 Å². The molecule has 0 radical (unpaired) electrons. The number of aryl methyl sites for hydroxylation is 2. The molecule has 0 spiro atoms. The summed E-state index contributed by atoms with van der Waals surface area (Å²) in [6, 6.07) is 6.08. The largest absolute Gasteiger partial charge is 0.481 e. The maximum atomic E-state index is 12.9. The fourth-order valence-corrected chi connectivity index (χ4v) is 1.82. The fourth-order valence-electron chi connectivity index (χ4n) is 1.82. The van der Waals surface area contributed by atoms with Crippen LogP contribution in [0.5, 0.6) is 0 Å². The molecule has 0 aliphatic carbocycles. The van der Waals surface area contributed by atoms with Crippen LogP contribution >= 0.6 is 0 Å². The average Bonchev–Trinajstić information content (AvgIpc) is 2.69. The van der Waals surface area contributed by atoms with Crippen LogP contribution in [0, 0.1) is 5.82 Å².